The van der Waals surface area contributed by atoms with Crippen molar-refractivity contribution >= 4 is 29.6 Å². The monoisotopic (exact) mass is 268 g/mol. The van der Waals surface area contributed by atoms with E-state index in [2.05, 4.69) is 10.2 Å². The van der Waals surface area contributed by atoms with Gasteiger partial charge in [-0.2, -0.15) is 0 Å². The average Bonchev–Trinajstić information content (AvgIpc) is 2.77. The minimum Gasteiger partial charge on any atom is -0.416 e. The number of benzene rings is 1. The number of aromatic nitrogens is 2. The summed E-state index contributed by atoms with van der Waals surface area (Å²) >= 11 is 7.01. The molecule has 0 N–H and O–H groups in total. The van der Waals surface area contributed by atoms with E-state index in [-0.39, 0.29) is 0 Å². The van der Waals surface area contributed by atoms with Gasteiger partial charge in [0.05, 0.1) is 12.2 Å². The first kappa shape index (κ1) is 12.1. The van der Waals surface area contributed by atoms with Gasteiger partial charge >= 0.3 is 0 Å². The Kier molecular flexibility index (Phi) is 4.17. The highest BCUT2D eigenvalue weighted by molar-refractivity contribution is 7.99. The van der Waals surface area contributed by atoms with Gasteiger partial charge in [-0.15, -0.1) is 10.2 Å². The molecule has 0 amide bonds. The Bertz CT molecular complexity index is 498. The van der Waals surface area contributed by atoms with Crippen molar-refractivity contribution in [1.29, 1.82) is 0 Å². The smallest absolute Gasteiger partial charge is 0.277 e. The lowest BCUT2D eigenvalue weighted by molar-refractivity contribution is -0.105. The van der Waals surface area contributed by atoms with Gasteiger partial charge in [0.15, 0.2) is 0 Å². The minimum atomic E-state index is 0.322. The molecule has 2 aromatic rings. The maximum atomic E-state index is 10.2. The molecule has 4 nitrogen and oxygen atoms in total. The molecule has 17 heavy (non-hydrogen) atoms. The summed E-state index contributed by atoms with van der Waals surface area (Å²) in [5.41, 5.74) is 1.05. The largest absolute Gasteiger partial charge is 0.416 e. The van der Waals surface area contributed by atoms with E-state index in [1.165, 1.54) is 11.8 Å². The molecule has 0 saturated carbocycles. The molecule has 0 aliphatic heterocycles. The molecule has 6 heteroatoms. The van der Waals surface area contributed by atoms with Crippen molar-refractivity contribution in [3.05, 3.63) is 40.7 Å². The number of rotatable bonds is 5. The van der Waals surface area contributed by atoms with E-state index < -0.39 is 0 Å². The molecule has 0 fully saturated rings. The molecule has 0 saturated heterocycles. The van der Waals surface area contributed by atoms with Gasteiger partial charge in [0.1, 0.15) is 6.29 Å². The first-order valence-electron chi connectivity index (χ1n) is 4.91. The lowest BCUT2D eigenvalue weighted by Gasteiger charge is -1.96. The van der Waals surface area contributed by atoms with Crippen molar-refractivity contribution in [3.8, 4) is 0 Å². The Balaban J connectivity index is 2.01. The van der Waals surface area contributed by atoms with E-state index in [0.29, 0.717) is 28.3 Å². The van der Waals surface area contributed by atoms with Crippen LogP contribution >= 0.6 is 23.4 Å². The van der Waals surface area contributed by atoms with Crippen molar-refractivity contribution in [1.82, 2.24) is 10.2 Å². The van der Waals surface area contributed by atoms with Crippen molar-refractivity contribution < 1.29 is 9.21 Å². The molecule has 0 radical (unpaired) electrons. The van der Waals surface area contributed by atoms with Crippen molar-refractivity contribution in [3.63, 3.8) is 0 Å². The summed E-state index contributed by atoms with van der Waals surface area (Å²) in [6.07, 6.45) is 1.36. The summed E-state index contributed by atoms with van der Waals surface area (Å²) in [4.78, 5) is 10.2. The van der Waals surface area contributed by atoms with E-state index in [1.54, 1.807) is 0 Å². The summed E-state index contributed by atoms with van der Waals surface area (Å²) in [5.74, 6) is 0.850. The quantitative estimate of drug-likeness (QED) is 0.616. The van der Waals surface area contributed by atoms with Gasteiger partial charge in [-0.25, -0.2) is 0 Å². The van der Waals surface area contributed by atoms with Crippen LogP contribution in [0.2, 0.25) is 5.02 Å². The molecule has 0 aliphatic carbocycles. The highest BCUT2D eigenvalue weighted by atomic mass is 35.5. The van der Waals surface area contributed by atoms with Gasteiger partial charge in [-0.05, 0) is 17.7 Å². The Morgan fingerprint density at radius 2 is 2.06 bits per heavy atom. The maximum absolute atomic E-state index is 10.2. The molecule has 0 aliphatic rings. The Morgan fingerprint density at radius 1 is 1.29 bits per heavy atom. The molecular formula is C11H9ClN2O2S. The lowest BCUT2D eigenvalue weighted by Crippen LogP contribution is -1.87. The Morgan fingerprint density at radius 3 is 2.76 bits per heavy atom. The number of hydrogen-bond acceptors (Lipinski definition) is 5. The van der Waals surface area contributed by atoms with Crippen LogP contribution in [0.3, 0.4) is 0 Å². The second-order valence-electron chi connectivity index (χ2n) is 3.24. The molecule has 1 aromatic heterocycles. The summed E-state index contributed by atoms with van der Waals surface area (Å²) in [6.45, 7) is 0. The fraction of sp³-hybridized carbons (Fsp3) is 0.182. The fourth-order valence-corrected chi connectivity index (χ4v) is 1.84. The van der Waals surface area contributed by atoms with Crippen LogP contribution in [0.5, 0.6) is 0 Å². The van der Waals surface area contributed by atoms with Crippen LogP contribution in [0.15, 0.2) is 33.9 Å². The first-order valence-corrected chi connectivity index (χ1v) is 6.27. The zero-order valence-electron chi connectivity index (χ0n) is 8.80. The van der Waals surface area contributed by atoms with E-state index in [0.717, 1.165) is 11.8 Å². The van der Waals surface area contributed by atoms with E-state index in [1.807, 2.05) is 24.3 Å². The summed E-state index contributed by atoms with van der Waals surface area (Å²) in [5, 5.41) is 8.84. The third-order valence-electron chi connectivity index (χ3n) is 1.99. The van der Waals surface area contributed by atoms with Crippen LogP contribution in [0.4, 0.5) is 0 Å². The van der Waals surface area contributed by atoms with Crippen LogP contribution in [0.25, 0.3) is 0 Å². The number of aldehydes is 1. The minimum absolute atomic E-state index is 0.322. The second kappa shape index (κ2) is 5.84. The van der Waals surface area contributed by atoms with Crippen molar-refractivity contribution in [2.24, 2.45) is 0 Å². The summed E-state index contributed by atoms with van der Waals surface area (Å²) in [6, 6.07) is 7.44. The Hall–Kier alpha value is -1.33. The van der Waals surface area contributed by atoms with Gasteiger partial charge in [-0.3, -0.25) is 0 Å². The maximum Gasteiger partial charge on any atom is 0.277 e. The molecule has 0 spiro atoms. The predicted molar refractivity (Wildman–Crippen MR) is 65.3 cm³/mol. The second-order valence-corrected chi connectivity index (χ2v) is 4.65. The van der Waals surface area contributed by atoms with Crippen LogP contribution in [0.1, 0.15) is 11.5 Å². The number of nitrogens with zero attached hydrogens (tertiary/aromatic N) is 2. The van der Waals surface area contributed by atoms with Crippen LogP contribution in [0, 0.1) is 0 Å². The highest BCUT2D eigenvalue weighted by Crippen LogP contribution is 2.17. The van der Waals surface area contributed by atoms with E-state index in [4.69, 9.17) is 16.0 Å². The van der Waals surface area contributed by atoms with Crippen LogP contribution in [-0.2, 0) is 11.2 Å². The predicted octanol–water partition coefficient (Wildman–Crippen LogP) is 2.60. The van der Waals surface area contributed by atoms with Gasteiger partial charge in [0, 0.05) is 5.02 Å². The zero-order valence-corrected chi connectivity index (χ0v) is 10.4. The molecule has 0 bridgehead atoms. The number of hydrogen-bond donors (Lipinski definition) is 0. The lowest BCUT2D eigenvalue weighted by atomic mass is 10.1. The van der Waals surface area contributed by atoms with Crippen LogP contribution in [-0.4, -0.2) is 22.2 Å². The normalized spacial score (nSPS) is 10.4. The van der Waals surface area contributed by atoms with E-state index in [9.17, 15) is 4.79 Å². The third kappa shape index (κ3) is 3.57. The summed E-state index contributed by atoms with van der Waals surface area (Å²) in [7, 11) is 0. The summed E-state index contributed by atoms with van der Waals surface area (Å²) < 4.78 is 5.37. The zero-order chi connectivity index (χ0) is 12.1. The Labute approximate surface area is 107 Å². The van der Waals surface area contributed by atoms with Crippen molar-refractivity contribution in [2.45, 2.75) is 11.6 Å². The van der Waals surface area contributed by atoms with E-state index >= 15 is 0 Å². The molecule has 1 heterocycles. The standard InChI is InChI=1S/C11H9ClN2O2S/c12-9-3-1-8(2-4-9)7-10-13-14-11(16-10)17-6-5-15/h1-5H,6-7H2. The molecule has 2 rings (SSSR count). The number of carbonyl (C=O) groups is 1. The van der Waals surface area contributed by atoms with Crippen LogP contribution < -0.4 is 0 Å². The highest BCUT2D eigenvalue weighted by Gasteiger charge is 2.07. The van der Waals surface area contributed by atoms with Gasteiger partial charge in [0.25, 0.3) is 5.22 Å². The number of carbonyl (C=O) groups excluding carboxylic acids is 1. The first-order chi connectivity index (χ1) is 8.28. The fourth-order valence-electron chi connectivity index (χ4n) is 1.25. The number of thioether (sulfide) groups is 1. The molecule has 1 aromatic carbocycles. The molecule has 0 unspecified atom stereocenters. The van der Waals surface area contributed by atoms with Gasteiger partial charge < -0.3 is 9.21 Å². The molecular weight excluding hydrogens is 260 g/mol. The van der Waals surface area contributed by atoms with Crippen molar-refractivity contribution in [2.75, 3.05) is 5.75 Å². The SMILES string of the molecule is O=CCSc1nnc(Cc2ccc(Cl)cc2)o1. The van der Waals surface area contributed by atoms with Gasteiger partial charge in [-0.1, -0.05) is 35.5 Å². The molecule has 0 atom stereocenters. The molecule has 88 valence electrons. The average molecular weight is 269 g/mol. The topological polar surface area (TPSA) is 56.0 Å². The third-order valence-corrected chi connectivity index (χ3v) is 2.96. The number of halogens is 1. The van der Waals surface area contributed by atoms with Gasteiger partial charge in [0.2, 0.25) is 5.89 Å².